The van der Waals surface area contributed by atoms with Crippen LogP contribution in [0.4, 0.5) is 0 Å². The van der Waals surface area contributed by atoms with Crippen molar-refractivity contribution in [2.75, 3.05) is 54.1 Å². The number of unbranched alkanes of at least 4 members (excludes halogenated alkanes) is 33. The third-order valence-electron chi connectivity index (χ3n) is 11.6. The largest absolute Gasteiger partial charge is 0.756 e. The quantitative estimate of drug-likeness (QED) is 0.0198. The smallest absolute Gasteiger partial charge is 0.306 e. The zero-order valence-corrected chi connectivity index (χ0v) is 41.6. The molecule has 0 saturated carbocycles. The van der Waals surface area contributed by atoms with Gasteiger partial charge in [-0.1, -0.05) is 219 Å². The topological polar surface area (TPSA) is 94.1 Å². The number of quaternary nitrogens is 1. The number of esters is 1. The minimum atomic E-state index is -4.52. The van der Waals surface area contributed by atoms with Gasteiger partial charge in [-0.05, 0) is 38.5 Å². The summed E-state index contributed by atoms with van der Waals surface area (Å²) >= 11 is 0. The van der Waals surface area contributed by atoms with Crippen molar-refractivity contribution in [2.45, 2.75) is 258 Å². The Morgan fingerprint density at radius 3 is 1.27 bits per heavy atom. The van der Waals surface area contributed by atoms with Crippen LogP contribution < -0.4 is 4.89 Å². The lowest BCUT2D eigenvalue weighted by Crippen LogP contribution is -2.37. The van der Waals surface area contributed by atoms with Gasteiger partial charge >= 0.3 is 5.97 Å². The van der Waals surface area contributed by atoms with Crippen molar-refractivity contribution in [2.24, 2.45) is 0 Å². The van der Waals surface area contributed by atoms with Crippen molar-refractivity contribution in [1.82, 2.24) is 0 Å². The van der Waals surface area contributed by atoms with E-state index >= 15 is 0 Å². The molecule has 0 saturated heterocycles. The van der Waals surface area contributed by atoms with Gasteiger partial charge in [0.2, 0.25) is 0 Å². The number of nitrogens with zero attached hydrogens (tertiary/aromatic N) is 1. The summed E-state index contributed by atoms with van der Waals surface area (Å²) in [5, 5.41) is 0. The first-order chi connectivity index (χ1) is 29.1. The van der Waals surface area contributed by atoms with Gasteiger partial charge in [0.05, 0.1) is 34.4 Å². The highest BCUT2D eigenvalue weighted by atomic mass is 31.2. The monoisotopic (exact) mass is 872 g/mol. The summed E-state index contributed by atoms with van der Waals surface area (Å²) in [7, 11) is 1.37. The average molecular weight is 872 g/mol. The highest BCUT2D eigenvalue weighted by Crippen LogP contribution is 2.38. The van der Waals surface area contributed by atoms with Gasteiger partial charge in [-0.15, -0.1) is 0 Å². The SMILES string of the molecule is CCCCCCCCCC/C=C\CCCCCCCCCCCCCCCC(=O)OC(COCCCCCCCCCCCCCCC)COP(=O)([O-])OCC[N+](C)(C)C. The number of rotatable bonds is 49. The number of carbonyl (C=O) groups excluding carboxylic acids is 1. The Morgan fingerprint density at radius 1 is 0.500 bits per heavy atom. The van der Waals surface area contributed by atoms with Crippen LogP contribution in [0.2, 0.25) is 0 Å². The minimum Gasteiger partial charge on any atom is -0.756 e. The van der Waals surface area contributed by atoms with E-state index in [0.29, 0.717) is 24.1 Å². The maximum absolute atomic E-state index is 12.7. The van der Waals surface area contributed by atoms with Crippen LogP contribution >= 0.6 is 7.82 Å². The number of ether oxygens (including phenoxy) is 2. The van der Waals surface area contributed by atoms with Crippen LogP contribution in [0.3, 0.4) is 0 Å². The van der Waals surface area contributed by atoms with Gasteiger partial charge in [0.15, 0.2) is 0 Å². The van der Waals surface area contributed by atoms with Crippen molar-refractivity contribution in [3.63, 3.8) is 0 Å². The zero-order valence-electron chi connectivity index (χ0n) is 40.7. The van der Waals surface area contributed by atoms with Crippen molar-refractivity contribution < 1.29 is 37.3 Å². The predicted molar refractivity (Wildman–Crippen MR) is 254 cm³/mol. The first kappa shape index (κ1) is 59.2. The molecular formula is C51H102NO7P. The van der Waals surface area contributed by atoms with Crippen LogP contribution in [-0.4, -0.2) is 70.7 Å². The molecule has 60 heavy (non-hydrogen) atoms. The summed E-state index contributed by atoms with van der Waals surface area (Å²) in [4.78, 5) is 25.1. The highest BCUT2D eigenvalue weighted by Gasteiger charge is 2.20. The number of hydrogen-bond donors (Lipinski definition) is 0. The molecule has 0 spiro atoms. The number of phosphoric ester groups is 1. The fourth-order valence-electron chi connectivity index (χ4n) is 7.54. The van der Waals surface area contributed by atoms with E-state index in [4.69, 9.17) is 18.5 Å². The summed E-state index contributed by atoms with van der Waals surface area (Å²) in [6, 6.07) is 0. The van der Waals surface area contributed by atoms with E-state index in [2.05, 4.69) is 26.0 Å². The van der Waals surface area contributed by atoms with E-state index in [-0.39, 0.29) is 25.8 Å². The van der Waals surface area contributed by atoms with Crippen LogP contribution in [0.1, 0.15) is 251 Å². The molecule has 0 aromatic rings. The third-order valence-corrected chi connectivity index (χ3v) is 12.5. The molecule has 0 aliphatic rings. The van der Waals surface area contributed by atoms with Gasteiger partial charge in [0, 0.05) is 13.0 Å². The molecule has 0 aliphatic heterocycles. The Balaban J connectivity index is 4.03. The fourth-order valence-corrected chi connectivity index (χ4v) is 8.27. The summed E-state index contributed by atoms with van der Waals surface area (Å²) in [6.07, 6.45) is 50.9. The molecule has 358 valence electrons. The standard InChI is InChI=1S/C51H102NO7P/c1-6-8-10-12-14-16-18-20-21-22-23-24-25-26-27-28-29-30-31-32-34-36-38-40-42-44-51(53)59-50(49-58-60(54,55)57-47-45-52(3,4)5)48-56-46-43-41-39-37-35-33-19-17-15-13-11-9-7-2/h22-23,50H,6-21,24-49H2,1-5H3/b23-22-. The van der Waals surface area contributed by atoms with E-state index in [0.717, 1.165) is 32.1 Å². The van der Waals surface area contributed by atoms with Gasteiger partial charge in [-0.3, -0.25) is 9.36 Å². The van der Waals surface area contributed by atoms with Crippen LogP contribution in [-0.2, 0) is 27.9 Å². The predicted octanol–water partition coefficient (Wildman–Crippen LogP) is 15.2. The maximum Gasteiger partial charge on any atom is 0.306 e. The molecule has 2 unspecified atom stereocenters. The number of allylic oxidation sites excluding steroid dienone is 2. The summed E-state index contributed by atoms with van der Waals surface area (Å²) in [6.45, 7) is 5.47. The molecule has 2 atom stereocenters. The fraction of sp³-hybridized carbons (Fsp3) is 0.941. The van der Waals surface area contributed by atoms with Crippen LogP contribution in [0, 0.1) is 0 Å². The van der Waals surface area contributed by atoms with Crippen LogP contribution in [0.25, 0.3) is 0 Å². The normalized spacial score (nSPS) is 13.6. The number of likely N-dealkylation sites (N-methyl/N-ethyl adjacent to an activating group) is 1. The van der Waals surface area contributed by atoms with Gasteiger partial charge in [-0.2, -0.15) is 0 Å². The molecule has 0 amide bonds. The molecule has 0 aliphatic carbocycles. The molecule has 0 radical (unpaired) electrons. The molecule has 0 fully saturated rings. The molecule has 0 N–H and O–H groups in total. The van der Waals surface area contributed by atoms with E-state index in [9.17, 15) is 14.3 Å². The van der Waals surface area contributed by atoms with E-state index in [1.165, 1.54) is 199 Å². The van der Waals surface area contributed by atoms with E-state index in [1.807, 2.05) is 21.1 Å². The third kappa shape index (κ3) is 48.3. The van der Waals surface area contributed by atoms with Gasteiger partial charge < -0.3 is 27.9 Å². The van der Waals surface area contributed by atoms with Crippen LogP contribution in [0.15, 0.2) is 12.2 Å². The summed E-state index contributed by atoms with van der Waals surface area (Å²) in [5.41, 5.74) is 0. The highest BCUT2D eigenvalue weighted by molar-refractivity contribution is 7.45. The Labute approximate surface area is 373 Å². The second kappa shape index (κ2) is 44.8. The molecule has 0 aromatic heterocycles. The Bertz CT molecular complexity index is 972. The number of hydrogen-bond acceptors (Lipinski definition) is 7. The summed E-state index contributed by atoms with van der Waals surface area (Å²) < 4.78 is 34.7. The zero-order chi connectivity index (χ0) is 44.1. The molecule has 0 heterocycles. The average Bonchev–Trinajstić information content (AvgIpc) is 3.20. The lowest BCUT2D eigenvalue weighted by molar-refractivity contribution is -0.870. The molecule has 0 aromatic carbocycles. The van der Waals surface area contributed by atoms with E-state index in [1.54, 1.807) is 0 Å². The van der Waals surface area contributed by atoms with Gasteiger partial charge in [0.25, 0.3) is 7.82 Å². The number of carbonyl (C=O) groups is 1. The first-order valence-electron chi connectivity index (χ1n) is 25.9. The molecule has 0 rings (SSSR count). The second-order valence-electron chi connectivity index (χ2n) is 18.9. The summed E-state index contributed by atoms with van der Waals surface area (Å²) in [5.74, 6) is -0.328. The van der Waals surface area contributed by atoms with Gasteiger partial charge in [0.1, 0.15) is 19.3 Å². The molecule has 9 heteroatoms. The van der Waals surface area contributed by atoms with Crippen molar-refractivity contribution in [3.8, 4) is 0 Å². The van der Waals surface area contributed by atoms with E-state index < -0.39 is 13.9 Å². The molecule has 0 bridgehead atoms. The van der Waals surface area contributed by atoms with Gasteiger partial charge in [-0.25, -0.2) is 0 Å². The molecular weight excluding hydrogens is 770 g/mol. The van der Waals surface area contributed by atoms with Crippen molar-refractivity contribution in [3.05, 3.63) is 12.2 Å². The molecule has 8 nitrogen and oxygen atoms in total. The lowest BCUT2D eigenvalue weighted by Gasteiger charge is -2.28. The van der Waals surface area contributed by atoms with Crippen molar-refractivity contribution >= 4 is 13.8 Å². The minimum absolute atomic E-state index is 0.0299. The maximum atomic E-state index is 12.7. The second-order valence-corrected chi connectivity index (χ2v) is 20.3. The van der Waals surface area contributed by atoms with Crippen LogP contribution in [0.5, 0.6) is 0 Å². The lowest BCUT2D eigenvalue weighted by atomic mass is 10.0. The first-order valence-corrected chi connectivity index (χ1v) is 27.4. The Kier molecular flexibility index (Phi) is 44.3. The van der Waals surface area contributed by atoms with Crippen molar-refractivity contribution in [1.29, 1.82) is 0 Å². The number of phosphoric acid groups is 1. The Hall–Kier alpha value is -0.760. The Morgan fingerprint density at radius 2 is 0.867 bits per heavy atom.